The third kappa shape index (κ3) is 3.62. The Morgan fingerprint density at radius 1 is 1.33 bits per heavy atom. The zero-order chi connectivity index (χ0) is 15.5. The van der Waals surface area contributed by atoms with Crippen molar-refractivity contribution >= 4 is 23.1 Å². The van der Waals surface area contributed by atoms with Crippen LogP contribution in [0.2, 0.25) is 0 Å². The monoisotopic (exact) mass is 304 g/mol. The molecule has 0 bridgehead atoms. The number of nitrogens with two attached hydrogens (primary N) is 1. The van der Waals surface area contributed by atoms with E-state index in [4.69, 9.17) is 18.0 Å². The van der Waals surface area contributed by atoms with Crippen LogP contribution in [-0.2, 0) is 4.79 Å². The van der Waals surface area contributed by atoms with E-state index in [0.717, 1.165) is 37.9 Å². The first-order valence-electron chi connectivity index (χ1n) is 7.60. The zero-order valence-electron chi connectivity index (χ0n) is 12.8. The Labute approximate surface area is 132 Å². The van der Waals surface area contributed by atoms with E-state index in [1.807, 2.05) is 35.2 Å². The van der Waals surface area contributed by atoms with Gasteiger partial charge in [0.2, 0.25) is 5.91 Å². The molecule has 2 rings (SSSR count). The highest BCUT2D eigenvalue weighted by Gasteiger charge is 2.34. The first-order valence-corrected chi connectivity index (χ1v) is 8.01. The second kappa shape index (κ2) is 6.56. The van der Waals surface area contributed by atoms with Crippen molar-refractivity contribution in [2.24, 2.45) is 11.1 Å². The van der Waals surface area contributed by atoms with Crippen molar-refractivity contribution in [1.29, 1.82) is 0 Å². The molecule has 0 aromatic heterocycles. The van der Waals surface area contributed by atoms with Gasteiger partial charge in [0.15, 0.2) is 0 Å². The van der Waals surface area contributed by atoms with Crippen LogP contribution in [0.15, 0.2) is 30.3 Å². The van der Waals surface area contributed by atoms with E-state index in [9.17, 15) is 4.79 Å². The summed E-state index contributed by atoms with van der Waals surface area (Å²) in [4.78, 5) is 15.0. The van der Waals surface area contributed by atoms with Crippen LogP contribution >= 0.6 is 12.2 Å². The molecule has 2 N–H and O–H groups in total. The van der Waals surface area contributed by atoms with Gasteiger partial charge < -0.3 is 10.6 Å². The van der Waals surface area contributed by atoms with E-state index in [1.165, 1.54) is 0 Å². The molecule has 1 atom stereocenters. The molecule has 0 saturated carbocycles. The fourth-order valence-corrected chi connectivity index (χ4v) is 3.11. The highest BCUT2D eigenvalue weighted by atomic mass is 32.1. The maximum absolute atomic E-state index is 12.8. The molecule has 3 nitrogen and oxygen atoms in total. The van der Waals surface area contributed by atoms with Gasteiger partial charge in [0, 0.05) is 13.1 Å². The van der Waals surface area contributed by atoms with Crippen LogP contribution in [0.4, 0.5) is 0 Å². The highest BCUT2D eigenvalue weighted by molar-refractivity contribution is 7.80. The van der Waals surface area contributed by atoms with Crippen LogP contribution in [-0.4, -0.2) is 28.9 Å². The van der Waals surface area contributed by atoms with E-state index >= 15 is 0 Å². The van der Waals surface area contributed by atoms with Crippen molar-refractivity contribution in [2.45, 2.75) is 39.0 Å². The van der Waals surface area contributed by atoms with Crippen molar-refractivity contribution in [1.82, 2.24) is 4.90 Å². The molecule has 1 fully saturated rings. The summed E-state index contributed by atoms with van der Waals surface area (Å²) in [7, 11) is 0. The topological polar surface area (TPSA) is 46.3 Å². The lowest BCUT2D eigenvalue weighted by Crippen LogP contribution is -2.46. The van der Waals surface area contributed by atoms with E-state index in [0.29, 0.717) is 5.41 Å². The van der Waals surface area contributed by atoms with Crippen molar-refractivity contribution < 1.29 is 4.79 Å². The van der Waals surface area contributed by atoms with E-state index in [-0.39, 0.29) is 10.9 Å². The smallest absolute Gasteiger partial charge is 0.236 e. The van der Waals surface area contributed by atoms with Gasteiger partial charge in [0.1, 0.15) is 5.92 Å². The molecule has 0 spiro atoms. The van der Waals surface area contributed by atoms with Gasteiger partial charge >= 0.3 is 0 Å². The minimum atomic E-state index is -0.493. The Morgan fingerprint density at radius 3 is 2.38 bits per heavy atom. The molecule has 1 aliphatic rings. The minimum absolute atomic E-state index is 0.0480. The van der Waals surface area contributed by atoms with Crippen LogP contribution in [0, 0.1) is 5.41 Å². The summed E-state index contributed by atoms with van der Waals surface area (Å²) in [5, 5.41) is 0. The summed E-state index contributed by atoms with van der Waals surface area (Å²) < 4.78 is 0. The number of carbonyl (C=O) groups excluding carboxylic acids is 1. The molecule has 0 aliphatic carbocycles. The molecule has 21 heavy (non-hydrogen) atoms. The quantitative estimate of drug-likeness (QED) is 0.870. The lowest BCUT2D eigenvalue weighted by Gasteiger charge is -2.40. The molecule has 1 amide bonds. The summed E-state index contributed by atoms with van der Waals surface area (Å²) in [5.41, 5.74) is 7.09. The third-order valence-electron chi connectivity index (χ3n) is 4.80. The molecule has 4 heteroatoms. The van der Waals surface area contributed by atoms with Gasteiger partial charge in [-0.2, -0.15) is 0 Å². The molecule has 114 valence electrons. The molecule has 1 aliphatic heterocycles. The van der Waals surface area contributed by atoms with Crippen molar-refractivity contribution in [3.8, 4) is 0 Å². The Balaban J connectivity index is 2.12. The summed E-state index contributed by atoms with van der Waals surface area (Å²) in [5.74, 6) is -0.445. The van der Waals surface area contributed by atoms with Gasteiger partial charge in [-0.05, 0) is 23.8 Å². The first kappa shape index (κ1) is 16.0. The highest BCUT2D eigenvalue weighted by Crippen LogP contribution is 2.35. The van der Waals surface area contributed by atoms with E-state index in [2.05, 4.69) is 13.8 Å². The van der Waals surface area contributed by atoms with Crippen LogP contribution in [0.5, 0.6) is 0 Å². The Morgan fingerprint density at radius 2 is 1.90 bits per heavy atom. The summed E-state index contributed by atoms with van der Waals surface area (Å²) in [6.07, 6.45) is 3.26. The Bertz CT molecular complexity index is 507. The van der Waals surface area contributed by atoms with Gasteiger partial charge in [0.25, 0.3) is 0 Å². The molecule has 1 saturated heterocycles. The lowest BCUT2D eigenvalue weighted by atomic mass is 9.78. The third-order valence-corrected chi connectivity index (χ3v) is 5.04. The number of hydrogen-bond acceptors (Lipinski definition) is 2. The number of carbonyl (C=O) groups is 1. The van der Waals surface area contributed by atoms with Crippen LogP contribution in [0.1, 0.15) is 44.6 Å². The van der Waals surface area contributed by atoms with Gasteiger partial charge in [-0.1, -0.05) is 62.8 Å². The first-order chi connectivity index (χ1) is 9.97. The van der Waals surface area contributed by atoms with Crippen LogP contribution in [0.25, 0.3) is 0 Å². The van der Waals surface area contributed by atoms with E-state index in [1.54, 1.807) is 0 Å². The number of nitrogens with zero attached hydrogens (tertiary/aromatic N) is 1. The molecule has 1 unspecified atom stereocenters. The van der Waals surface area contributed by atoms with Crippen LogP contribution in [0.3, 0.4) is 0 Å². The summed E-state index contributed by atoms with van der Waals surface area (Å²) in [6, 6.07) is 9.60. The molecule has 1 aromatic carbocycles. The average molecular weight is 304 g/mol. The molecule has 1 aromatic rings. The number of benzene rings is 1. The summed E-state index contributed by atoms with van der Waals surface area (Å²) in [6.45, 7) is 6.13. The molecular weight excluding hydrogens is 280 g/mol. The van der Waals surface area contributed by atoms with Crippen molar-refractivity contribution in [3.05, 3.63) is 35.9 Å². The second-order valence-electron chi connectivity index (χ2n) is 6.24. The average Bonchev–Trinajstić information content (AvgIpc) is 2.49. The van der Waals surface area contributed by atoms with Gasteiger partial charge in [-0.25, -0.2) is 0 Å². The normalized spacial score (nSPS) is 19.0. The number of piperidine rings is 1. The van der Waals surface area contributed by atoms with Crippen molar-refractivity contribution in [2.75, 3.05) is 13.1 Å². The van der Waals surface area contributed by atoms with Gasteiger partial charge in [-0.3, -0.25) is 4.79 Å². The number of amides is 1. The summed E-state index contributed by atoms with van der Waals surface area (Å²) >= 11 is 5.14. The second-order valence-corrected chi connectivity index (χ2v) is 6.71. The minimum Gasteiger partial charge on any atom is -0.392 e. The van der Waals surface area contributed by atoms with Crippen molar-refractivity contribution in [3.63, 3.8) is 0 Å². The SMILES string of the molecule is CCC1(C)CCN(C(=O)C(C(N)=S)c2ccccc2)CC1. The largest absolute Gasteiger partial charge is 0.392 e. The van der Waals surface area contributed by atoms with Gasteiger partial charge in [0.05, 0.1) is 4.99 Å². The molecular formula is C17H24N2OS. The fraction of sp³-hybridized carbons (Fsp3) is 0.529. The maximum Gasteiger partial charge on any atom is 0.236 e. The fourth-order valence-electron chi connectivity index (χ4n) is 2.88. The Hall–Kier alpha value is -1.42. The predicted octanol–water partition coefficient (Wildman–Crippen LogP) is 3.10. The number of rotatable bonds is 4. The number of hydrogen-bond donors (Lipinski definition) is 1. The van der Waals surface area contributed by atoms with E-state index < -0.39 is 5.92 Å². The number of thiocarbonyl (C=S) groups is 1. The number of likely N-dealkylation sites (tertiary alicyclic amines) is 1. The van der Waals surface area contributed by atoms with Gasteiger partial charge in [-0.15, -0.1) is 0 Å². The Kier molecular flexibility index (Phi) is 4.99. The lowest BCUT2D eigenvalue weighted by molar-refractivity contribution is -0.133. The predicted molar refractivity (Wildman–Crippen MR) is 90.2 cm³/mol. The molecule has 1 heterocycles. The standard InChI is InChI=1S/C17H24N2OS/c1-3-17(2)9-11-19(12-10-17)16(20)14(15(18)21)13-7-5-4-6-8-13/h4-8,14H,3,9-12H2,1-2H3,(H2,18,21). The molecule has 0 radical (unpaired) electrons. The van der Waals surface area contributed by atoms with Crippen LogP contribution < -0.4 is 5.73 Å². The zero-order valence-corrected chi connectivity index (χ0v) is 13.7. The maximum atomic E-state index is 12.8.